The van der Waals surface area contributed by atoms with E-state index in [0.29, 0.717) is 11.6 Å². The van der Waals surface area contributed by atoms with Crippen LogP contribution in [-0.2, 0) is 16.1 Å². The smallest absolute Gasteiger partial charge is 0.302 e. The number of carbonyl (C=O) groups is 1. The molecule has 0 amide bonds. The maximum Gasteiger partial charge on any atom is 0.302 e. The van der Waals surface area contributed by atoms with Gasteiger partial charge in [-0.1, -0.05) is 41.9 Å². The van der Waals surface area contributed by atoms with E-state index in [1.165, 1.54) is 12.5 Å². The van der Waals surface area contributed by atoms with Crippen LogP contribution in [0.5, 0.6) is 0 Å². The van der Waals surface area contributed by atoms with E-state index in [-0.39, 0.29) is 12.0 Å². The van der Waals surface area contributed by atoms with Gasteiger partial charge in [0.2, 0.25) is 0 Å². The molecule has 3 rings (SSSR count). The standard InChI is InChI=1S/C22H28ClN3O2/c1-16-13-24-22(21(23)17(16)2)26-11-10-25(14-19-7-5-4-6-8-19)15-20(26)9-12-28-18(3)27/h4-8,13,20H,9-12,14-15H2,1-3H3/t20-/m0/s1. The summed E-state index contributed by atoms with van der Waals surface area (Å²) in [7, 11) is 0. The van der Waals surface area contributed by atoms with Gasteiger partial charge in [-0.2, -0.15) is 0 Å². The third-order valence-corrected chi connectivity index (χ3v) is 5.79. The van der Waals surface area contributed by atoms with Crippen LogP contribution in [0.4, 0.5) is 5.82 Å². The number of benzene rings is 1. The van der Waals surface area contributed by atoms with Crippen LogP contribution < -0.4 is 4.90 Å². The first kappa shape index (κ1) is 20.6. The highest BCUT2D eigenvalue weighted by Crippen LogP contribution is 2.32. The Morgan fingerprint density at radius 3 is 2.71 bits per heavy atom. The van der Waals surface area contributed by atoms with E-state index >= 15 is 0 Å². The van der Waals surface area contributed by atoms with E-state index in [2.05, 4.69) is 39.0 Å². The lowest BCUT2D eigenvalue weighted by Crippen LogP contribution is -2.53. The largest absolute Gasteiger partial charge is 0.466 e. The second-order valence-corrected chi connectivity index (χ2v) is 7.78. The molecule has 0 N–H and O–H groups in total. The lowest BCUT2D eigenvalue weighted by molar-refractivity contribution is -0.141. The van der Waals surface area contributed by atoms with Crippen LogP contribution in [0.25, 0.3) is 0 Å². The molecule has 0 unspecified atom stereocenters. The highest BCUT2D eigenvalue weighted by atomic mass is 35.5. The molecule has 1 atom stereocenters. The molecule has 1 aliphatic rings. The Morgan fingerprint density at radius 2 is 2.00 bits per heavy atom. The molecule has 0 aliphatic carbocycles. The van der Waals surface area contributed by atoms with E-state index in [1.807, 2.05) is 26.1 Å². The van der Waals surface area contributed by atoms with Crippen molar-refractivity contribution >= 4 is 23.4 Å². The number of aromatic nitrogens is 1. The number of nitrogens with zero attached hydrogens (tertiary/aromatic N) is 3. The first-order chi connectivity index (χ1) is 13.5. The lowest BCUT2D eigenvalue weighted by Gasteiger charge is -2.42. The summed E-state index contributed by atoms with van der Waals surface area (Å²) in [6.07, 6.45) is 2.63. The normalized spacial score (nSPS) is 17.6. The van der Waals surface area contributed by atoms with E-state index < -0.39 is 0 Å². The molecule has 0 spiro atoms. The van der Waals surface area contributed by atoms with Crippen LogP contribution in [-0.4, -0.2) is 48.1 Å². The average molecular weight is 402 g/mol. The molecule has 1 aromatic heterocycles. The molecule has 0 saturated carbocycles. The van der Waals surface area contributed by atoms with Gasteiger partial charge in [0.15, 0.2) is 0 Å². The van der Waals surface area contributed by atoms with Crippen molar-refractivity contribution in [3.63, 3.8) is 0 Å². The summed E-state index contributed by atoms with van der Waals surface area (Å²) in [6, 6.07) is 10.7. The third-order valence-electron chi connectivity index (χ3n) is 5.34. The van der Waals surface area contributed by atoms with E-state index in [1.54, 1.807) is 0 Å². The minimum atomic E-state index is -0.245. The van der Waals surface area contributed by atoms with Crippen molar-refractivity contribution in [2.75, 3.05) is 31.1 Å². The Bertz CT molecular complexity index is 813. The summed E-state index contributed by atoms with van der Waals surface area (Å²) in [6.45, 7) is 9.46. The zero-order valence-electron chi connectivity index (χ0n) is 16.8. The summed E-state index contributed by atoms with van der Waals surface area (Å²) in [4.78, 5) is 20.6. The summed E-state index contributed by atoms with van der Waals surface area (Å²) < 4.78 is 5.22. The molecule has 6 heteroatoms. The van der Waals surface area contributed by atoms with Gasteiger partial charge in [0.1, 0.15) is 5.82 Å². The summed E-state index contributed by atoms with van der Waals surface area (Å²) in [5, 5.41) is 0.717. The predicted octanol–water partition coefficient (Wildman–Crippen LogP) is 4.00. The highest BCUT2D eigenvalue weighted by Gasteiger charge is 2.30. The highest BCUT2D eigenvalue weighted by molar-refractivity contribution is 6.33. The average Bonchev–Trinajstić information content (AvgIpc) is 2.68. The number of rotatable bonds is 6. The molecule has 1 aromatic carbocycles. The molecular formula is C22H28ClN3O2. The van der Waals surface area contributed by atoms with Crippen molar-refractivity contribution in [3.05, 3.63) is 58.2 Å². The summed E-state index contributed by atoms with van der Waals surface area (Å²) in [5.41, 5.74) is 3.46. The number of carbonyl (C=O) groups excluding carboxylic acids is 1. The Kier molecular flexibility index (Phi) is 6.92. The Balaban J connectivity index is 1.77. The van der Waals surface area contributed by atoms with E-state index in [9.17, 15) is 4.79 Å². The summed E-state index contributed by atoms with van der Waals surface area (Å²) >= 11 is 6.64. The van der Waals surface area contributed by atoms with Gasteiger partial charge in [0.05, 0.1) is 11.6 Å². The van der Waals surface area contributed by atoms with Crippen molar-refractivity contribution in [1.29, 1.82) is 0 Å². The van der Waals surface area contributed by atoms with Crippen LogP contribution in [0.15, 0.2) is 36.5 Å². The minimum absolute atomic E-state index is 0.184. The van der Waals surface area contributed by atoms with Crippen LogP contribution in [0.2, 0.25) is 5.02 Å². The number of anilines is 1. The molecule has 1 saturated heterocycles. The van der Waals surface area contributed by atoms with Crippen molar-refractivity contribution in [1.82, 2.24) is 9.88 Å². The Labute approximate surface area is 172 Å². The van der Waals surface area contributed by atoms with Crippen molar-refractivity contribution in [2.45, 2.75) is 39.8 Å². The maximum atomic E-state index is 11.2. The number of piperazine rings is 1. The number of pyridine rings is 1. The molecular weight excluding hydrogens is 374 g/mol. The number of halogens is 1. The molecule has 28 heavy (non-hydrogen) atoms. The van der Waals surface area contributed by atoms with E-state index in [0.717, 1.165) is 49.5 Å². The Morgan fingerprint density at radius 1 is 1.25 bits per heavy atom. The zero-order chi connectivity index (χ0) is 20.1. The Hall–Kier alpha value is -2.11. The first-order valence-corrected chi connectivity index (χ1v) is 10.1. The second kappa shape index (κ2) is 9.39. The summed E-state index contributed by atoms with van der Waals surface area (Å²) in [5.74, 6) is 0.586. The molecule has 150 valence electrons. The van der Waals surface area contributed by atoms with Gasteiger partial charge >= 0.3 is 5.97 Å². The second-order valence-electron chi connectivity index (χ2n) is 7.40. The SMILES string of the molecule is CC(=O)OCC[C@H]1CN(Cc2ccccc2)CCN1c1ncc(C)c(C)c1Cl. The number of ether oxygens (including phenoxy) is 1. The lowest BCUT2D eigenvalue weighted by atomic mass is 10.1. The maximum absolute atomic E-state index is 11.2. The fourth-order valence-electron chi connectivity index (χ4n) is 3.62. The number of aryl methyl sites for hydroxylation is 1. The number of hydrogen-bond acceptors (Lipinski definition) is 5. The van der Waals surface area contributed by atoms with Crippen molar-refractivity contribution in [2.24, 2.45) is 0 Å². The monoisotopic (exact) mass is 401 g/mol. The predicted molar refractivity (Wildman–Crippen MR) is 113 cm³/mol. The van der Waals surface area contributed by atoms with Crippen LogP contribution in [0.3, 0.4) is 0 Å². The molecule has 0 radical (unpaired) electrons. The van der Waals surface area contributed by atoms with Crippen LogP contribution >= 0.6 is 11.6 Å². The third kappa shape index (κ3) is 5.03. The van der Waals surface area contributed by atoms with Crippen LogP contribution in [0, 0.1) is 13.8 Å². The van der Waals surface area contributed by atoms with Gasteiger partial charge < -0.3 is 9.64 Å². The number of esters is 1. The van der Waals surface area contributed by atoms with Gasteiger partial charge in [-0.3, -0.25) is 9.69 Å². The fourth-order valence-corrected chi connectivity index (χ4v) is 3.93. The van der Waals surface area contributed by atoms with Gasteiger partial charge in [-0.05, 0) is 30.5 Å². The van der Waals surface area contributed by atoms with Crippen molar-refractivity contribution < 1.29 is 9.53 Å². The molecule has 2 heterocycles. The zero-order valence-corrected chi connectivity index (χ0v) is 17.6. The fraction of sp³-hybridized carbons (Fsp3) is 0.455. The molecule has 2 aromatic rings. The molecule has 5 nitrogen and oxygen atoms in total. The quantitative estimate of drug-likeness (QED) is 0.684. The molecule has 1 aliphatic heterocycles. The first-order valence-electron chi connectivity index (χ1n) is 9.73. The minimum Gasteiger partial charge on any atom is -0.466 e. The molecule has 0 bridgehead atoms. The van der Waals surface area contributed by atoms with E-state index in [4.69, 9.17) is 16.3 Å². The van der Waals surface area contributed by atoms with Gasteiger partial charge in [0, 0.05) is 51.8 Å². The van der Waals surface area contributed by atoms with Crippen LogP contribution in [0.1, 0.15) is 30.0 Å². The van der Waals surface area contributed by atoms with Gasteiger partial charge in [0.25, 0.3) is 0 Å². The molecule has 1 fully saturated rings. The number of hydrogen-bond donors (Lipinski definition) is 0. The van der Waals surface area contributed by atoms with Crippen molar-refractivity contribution in [3.8, 4) is 0 Å². The van der Waals surface area contributed by atoms with Gasteiger partial charge in [-0.15, -0.1) is 0 Å². The topological polar surface area (TPSA) is 45.7 Å². The van der Waals surface area contributed by atoms with Gasteiger partial charge in [-0.25, -0.2) is 4.98 Å².